The van der Waals surface area contributed by atoms with E-state index in [1.807, 2.05) is 31.2 Å². The molecule has 2 aromatic carbocycles. The smallest absolute Gasteiger partial charge is 0.307 e. The lowest BCUT2D eigenvalue weighted by molar-refractivity contribution is -0.136. The largest absolute Gasteiger partial charge is 0.493 e. The number of hydrogen-bond acceptors (Lipinski definition) is 6. The van der Waals surface area contributed by atoms with Crippen LogP contribution in [0.25, 0.3) is 32.9 Å². The Morgan fingerprint density at radius 2 is 1.97 bits per heavy atom. The van der Waals surface area contributed by atoms with Crippen molar-refractivity contribution >= 4 is 27.8 Å². The van der Waals surface area contributed by atoms with Crippen LogP contribution in [0, 0.1) is 6.92 Å². The molecule has 0 spiro atoms. The number of aromatic nitrogens is 4. The Labute approximate surface area is 205 Å². The molecular weight excluding hydrogens is 456 g/mol. The highest BCUT2D eigenvalue weighted by Gasteiger charge is 2.23. The van der Waals surface area contributed by atoms with Gasteiger partial charge >= 0.3 is 5.97 Å². The first-order valence-electron chi connectivity index (χ1n) is 11.7. The van der Waals surface area contributed by atoms with Gasteiger partial charge in [0.2, 0.25) is 0 Å². The summed E-state index contributed by atoms with van der Waals surface area (Å²) < 4.78 is 7.58. The van der Waals surface area contributed by atoms with Crippen molar-refractivity contribution in [3.8, 4) is 16.9 Å². The van der Waals surface area contributed by atoms with E-state index in [0.29, 0.717) is 24.2 Å². The number of benzene rings is 2. The van der Waals surface area contributed by atoms with Crippen LogP contribution in [-0.2, 0) is 24.2 Å². The molecular formula is C28H22N4O4. The van der Waals surface area contributed by atoms with Gasteiger partial charge in [0.25, 0.3) is 5.56 Å². The van der Waals surface area contributed by atoms with Crippen molar-refractivity contribution in [3.05, 3.63) is 93.9 Å². The second kappa shape index (κ2) is 8.57. The highest BCUT2D eigenvalue weighted by molar-refractivity contribution is 6.08. The predicted molar refractivity (Wildman–Crippen MR) is 135 cm³/mol. The van der Waals surface area contributed by atoms with Gasteiger partial charge < -0.3 is 14.4 Å². The second-order valence-electron chi connectivity index (χ2n) is 8.96. The maximum absolute atomic E-state index is 13.0. The maximum Gasteiger partial charge on any atom is 0.307 e. The fourth-order valence-electron chi connectivity index (χ4n) is 5.16. The average Bonchev–Trinajstić information content (AvgIpc) is 2.88. The molecule has 4 heterocycles. The normalized spacial score (nSPS) is 12.6. The van der Waals surface area contributed by atoms with Gasteiger partial charge in [-0.25, -0.2) is 9.97 Å². The first-order chi connectivity index (χ1) is 17.5. The van der Waals surface area contributed by atoms with Gasteiger partial charge in [-0.3, -0.25) is 14.6 Å². The Balaban J connectivity index is 1.70. The van der Waals surface area contributed by atoms with E-state index < -0.39 is 5.97 Å². The van der Waals surface area contributed by atoms with E-state index in [9.17, 15) is 14.7 Å². The van der Waals surface area contributed by atoms with Crippen molar-refractivity contribution in [3.63, 3.8) is 0 Å². The summed E-state index contributed by atoms with van der Waals surface area (Å²) in [6, 6.07) is 11.1. The quantitative estimate of drug-likeness (QED) is 0.408. The number of carboxylic acids is 1. The van der Waals surface area contributed by atoms with E-state index in [4.69, 9.17) is 9.72 Å². The molecule has 0 saturated heterocycles. The molecule has 0 atom stereocenters. The van der Waals surface area contributed by atoms with Crippen LogP contribution in [0.15, 0.2) is 66.1 Å². The van der Waals surface area contributed by atoms with Gasteiger partial charge in [-0.05, 0) is 59.5 Å². The van der Waals surface area contributed by atoms with Crippen molar-refractivity contribution in [1.82, 2.24) is 19.5 Å². The topological polar surface area (TPSA) is 107 Å². The van der Waals surface area contributed by atoms with E-state index in [2.05, 4.69) is 9.97 Å². The summed E-state index contributed by atoms with van der Waals surface area (Å²) in [4.78, 5) is 37.8. The number of rotatable bonds is 5. The van der Waals surface area contributed by atoms with Gasteiger partial charge in [-0.1, -0.05) is 0 Å². The molecule has 0 radical (unpaired) electrons. The SMILES string of the molecule is Cc1cc2c(ccc(=O)n2Cc2cncnc2)c(-c2ccc3c4c(ccnc24)CCO3)c1CC(=O)O. The van der Waals surface area contributed by atoms with Crippen LogP contribution in [-0.4, -0.2) is 37.2 Å². The van der Waals surface area contributed by atoms with E-state index in [1.54, 1.807) is 29.2 Å². The van der Waals surface area contributed by atoms with E-state index in [0.717, 1.165) is 56.3 Å². The number of pyridine rings is 2. The molecule has 1 N–H and O–H groups in total. The monoisotopic (exact) mass is 478 g/mol. The number of aliphatic carboxylic acids is 1. The summed E-state index contributed by atoms with van der Waals surface area (Å²) in [7, 11) is 0. The molecule has 5 aromatic rings. The minimum Gasteiger partial charge on any atom is -0.493 e. The van der Waals surface area contributed by atoms with Crippen LogP contribution >= 0.6 is 0 Å². The lowest BCUT2D eigenvalue weighted by Gasteiger charge is -2.22. The number of carboxylic acid groups (broad SMARTS) is 1. The van der Waals surface area contributed by atoms with Crippen LogP contribution in [0.3, 0.4) is 0 Å². The van der Waals surface area contributed by atoms with Crippen LogP contribution in [0.1, 0.15) is 22.3 Å². The van der Waals surface area contributed by atoms with E-state index in [-0.39, 0.29) is 12.0 Å². The van der Waals surface area contributed by atoms with Crippen LogP contribution < -0.4 is 10.3 Å². The highest BCUT2D eigenvalue weighted by Crippen LogP contribution is 2.42. The number of ether oxygens (including phenoxy) is 1. The van der Waals surface area contributed by atoms with E-state index >= 15 is 0 Å². The fraction of sp³-hybridized carbons (Fsp3) is 0.179. The second-order valence-corrected chi connectivity index (χ2v) is 8.96. The molecule has 3 aromatic heterocycles. The fourth-order valence-corrected chi connectivity index (χ4v) is 5.16. The van der Waals surface area contributed by atoms with Crippen molar-refractivity contribution in [2.24, 2.45) is 0 Å². The standard InChI is InChI=1S/C28H22N4O4/c1-16-10-22-19(3-5-24(33)32(22)14-17-12-29-15-30-13-17)27(21(16)11-25(34)35)20-2-4-23-26-18(7-9-36-23)6-8-31-28(20)26/h2-6,8,10,12-13,15H,7,9,11,14H2,1H3,(H,34,35). The van der Waals surface area contributed by atoms with Gasteiger partial charge in [0.05, 0.1) is 30.6 Å². The summed E-state index contributed by atoms with van der Waals surface area (Å²) in [5.74, 6) is -0.145. The summed E-state index contributed by atoms with van der Waals surface area (Å²) >= 11 is 0. The van der Waals surface area contributed by atoms with E-state index in [1.165, 1.54) is 12.4 Å². The number of hydrogen-bond donors (Lipinski definition) is 1. The van der Waals surface area contributed by atoms with Gasteiger partial charge in [-0.15, -0.1) is 0 Å². The van der Waals surface area contributed by atoms with Gasteiger partial charge in [0, 0.05) is 53.0 Å². The minimum absolute atomic E-state index is 0.151. The molecule has 8 heteroatoms. The molecule has 8 nitrogen and oxygen atoms in total. The van der Waals surface area contributed by atoms with Crippen LogP contribution in [0.5, 0.6) is 5.75 Å². The Kier molecular flexibility index (Phi) is 5.21. The predicted octanol–water partition coefficient (Wildman–Crippen LogP) is 3.93. The molecule has 0 saturated carbocycles. The molecule has 178 valence electrons. The zero-order valence-electron chi connectivity index (χ0n) is 19.6. The molecule has 1 aliphatic rings. The first-order valence-corrected chi connectivity index (χ1v) is 11.7. The van der Waals surface area contributed by atoms with Gasteiger partial charge in [0.1, 0.15) is 12.1 Å². The highest BCUT2D eigenvalue weighted by atomic mass is 16.5. The number of fused-ring (bicyclic) bond motifs is 1. The molecule has 1 aliphatic heterocycles. The third-order valence-corrected chi connectivity index (χ3v) is 6.75. The number of nitrogens with zero attached hydrogens (tertiary/aromatic N) is 4. The third kappa shape index (κ3) is 3.58. The molecule has 6 rings (SSSR count). The summed E-state index contributed by atoms with van der Waals surface area (Å²) in [5.41, 5.74) is 6.34. The lowest BCUT2D eigenvalue weighted by Crippen LogP contribution is -2.21. The van der Waals surface area contributed by atoms with Crippen LogP contribution in [0.2, 0.25) is 0 Å². The Morgan fingerprint density at radius 1 is 1.14 bits per heavy atom. The summed E-state index contributed by atoms with van der Waals surface area (Å²) in [5, 5.41) is 11.5. The van der Waals surface area contributed by atoms with Gasteiger partial charge in [0.15, 0.2) is 0 Å². The van der Waals surface area contributed by atoms with Crippen molar-refractivity contribution in [2.75, 3.05) is 6.61 Å². The molecule has 0 fully saturated rings. The third-order valence-electron chi connectivity index (χ3n) is 6.75. The summed E-state index contributed by atoms with van der Waals surface area (Å²) in [6.07, 6.45) is 7.23. The van der Waals surface area contributed by atoms with Crippen molar-refractivity contribution in [1.29, 1.82) is 0 Å². The zero-order valence-corrected chi connectivity index (χ0v) is 19.6. The van der Waals surface area contributed by atoms with Crippen LogP contribution in [0.4, 0.5) is 0 Å². The molecule has 0 unspecified atom stereocenters. The zero-order chi connectivity index (χ0) is 24.8. The summed E-state index contributed by atoms with van der Waals surface area (Å²) in [6.45, 7) is 2.79. The Morgan fingerprint density at radius 3 is 2.78 bits per heavy atom. The molecule has 0 aliphatic carbocycles. The lowest BCUT2D eigenvalue weighted by atomic mass is 9.87. The minimum atomic E-state index is -0.924. The molecule has 36 heavy (non-hydrogen) atoms. The average molecular weight is 479 g/mol. The maximum atomic E-state index is 13.0. The Bertz CT molecular complexity index is 1720. The first kappa shape index (κ1) is 21.9. The van der Waals surface area contributed by atoms with Crippen molar-refractivity contribution in [2.45, 2.75) is 26.3 Å². The van der Waals surface area contributed by atoms with Crippen molar-refractivity contribution < 1.29 is 14.6 Å². The number of aryl methyl sites for hydroxylation is 1. The van der Waals surface area contributed by atoms with Gasteiger partial charge in [-0.2, -0.15) is 0 Å². The molecule has 0 amide bonds. The number of carbonyl (C=O) groups is 1. The molecule has 0 bridgehead atoms. The Hall–Kier alpha value is -4.59.